The van der Waals surface area contributed by atoms with Crippen LogP contribution in [0.15, 0.2) is 12.4 Å². The summed E-state index contributed by atoms with van der Waals surface area (Å²) >= 11 is 1.79. The van der Waals surface area contributed by atoms with Crippen LogP contribution in [0, 0.1) is 0 Å². The SMILES string of the molecule is CCn1ccnc1C(=O)C1CCCCS1. The lowest BCUT2D eigenvalue weighted by atomic mass is 10.1. The second-order valence-electron chi connectivity index (χ2n) is 3.76. The van der Waals surface area contributed by atoms with Gasteiger partial charge in [-0.3, -0.25) is 4.79 Å². The van der Waals surface area contributed by atoms with E-state index < -0.39 is 0 Å². The van der Waals surface area contributed by atoms with Crippen molar-refractivity contribution >= 4 is 17.5 Å². The summed E-state index contributed by atoms with van der Waals surface area (Å²) < 4.78 is 1.93. The van der Waals surface area contributed by atoms with E-state index in [0.717, 1.165) is 18.7 Å². The number of hydrogen-bond acceptors (Lipinski definition) is 3. The highest BCUT2D eigenvalue weighted by Gasteiger charge is 2.25. The third-order valence-electron chi connectivity index (χ3n) is 2.75. The molecule has 0 bridgehead atoms. The van der Waals surface area contributed by atoms with E-state index in [1.165, 1.54) is 12.8 Å². The Labute approximate surface area is 94.3 Å². The molecule has 1 aliphatic rings. The normalized spacial score (nSPS) is 21.5. The van der Waals surface area contributed by atoms with Crippen molar-refractivity contribution in [2.75, 3.05) is 5.75 Å². The van der Waals surface area contributed by atoms with Crippen LogP contribution < -0.4 is 0 Å². The molecule has 0 aromatic carbocycles. The average Bonchev–Trinajstić information content (AvgIpc) is 2.77. The molecule has 0 amide bonds. The average molecular weight is 224 g/mol. The van der Waals surface area contributed by atoms with Gasteiger partial charge in [-0.1, -0.05) is 6.42 Å². The molecule has 1 aliphatic heterocycles. The van der Waals surface area contributed by atoms with Gasteiger partial charge in [0.05, 0.1) is 5.25 Å². The van der Waals surface area contributed by atoms with Crippen molar-refractivity contribution in [2.45, 2.75) is 38.0 Å². The van der Waals surface area contributed by atoms with Gasteiger partial charge in [-0.15, -0.1) is 0 Å². The van der Waals surface area contributed by atoms with Gasteiger partial charge in [0.2, 0.25) is 5.78 Å². The molecule has 1 saturated heterocycles. The quantitative estimate of drug-likeness (QED) is 0.739. The van der Waals surface area contributed by atoms with Crippen LogP contribution in [0.1, 0.15) is 36.8 Å². The molecule has 82 valence electrons. The number of carbonyl (C=O) groups is 1. The van der Waals surface area contributed by atoms with Crippen LogP contribution in [0.3, 0.4) is 0 Å². The largest absolute Gasteiger partial charge is 0.329 e. The monoisotopic (exact) mass is 224 g/mol. The van der Waals surface area contributed by atoms with Crippen molar-refractivity contribution in [1.82, 2.24) is 9.55 Å². The molecule has 15 heavy (non-hydrogen) atoms. The van der Waals surface area contributed by atoms with Gasteiger partial charge in [0, 0.05) is 18.9 Å². The van der Waals surface area contributed by atoms with E-state index in [1.807, 2.05) is 17.7 Å². The highest BCUT2D eigenvalue weighted by atomic mass is 32.2. The summed E-state index contributed by atoms with van der Waals surface area (Å²) in [5.41, 5.74) is 0. The molecule has 0 saturated carbocycles. The Balaban J connectivity index is 2.12. The topological polar surface area (TPSA) is 34.9 Å². The first-order valence-corrected chi connectivity index (χ1v) is 6.54. The van der Waals surface area contributed by atoms with Crippen LogP contribution in [-0.2, 0) is 6.54 Å². The minimum absolute atomic E-state index is 0.145. The number of rotatable bonds is 3. The van der Waals surface area contributed by atoms with Gasteiger partial charge in [0.25, 0.3) is 0 Å². The number of aromatic nitrogens is 2. The van der Waals surface area contributed by atoms with Crippen molar-refractivity contribution in [1.29, 1.82) is 0 Å². The van der Waals surface area contributed by atoms with Crippen LogP contribution in [0.25, 0.3) is 0 Å². The molecule has 0 spiro atoms. The number of nitrogens with zero attached hydrogens (tertiary/aromatic N) is 2. The summed E-state index contributed by atoms with van der Waals surface area (Å²) in [5.74, 6) is 1.96. The van der Waals surface area contributed by atoms with E-state index in [1.54, 1.807) is 18.0 Å². The highest BCUT2D eigenvalue weighted by Crippen LogP contribution is 2.27. The van der Waals surface area contributed by atoms with Gasteiger partial charge in [0.15, 0.2) is 5.82 Å². The standard InChI is InChI=1S/C11H16N2OS/c1-2-13-7-6-12-11(13)10(14)9-5-3-4-8-15-9/h6-7,9H,2-5,8H2,1H3. The van der Waals surface area contributed by atoms with Crippen LogP contribution in [-0.4, -0.2) is 26.3 Å². The van der Waals surface area contributed by atoms with Crippen molar-refractivity contribution < 1.29 is 4.79 Å². The first-order valence-electron chi connectivity index (χ1n) is 5.50. The molecule has 1 atom stereocenters. The molecule has 4 heteroatoms. The predicted molar refractivity (Wildman–Crippen MR) is 62.3 cm³/mol. The molecule has 0 radical (unpaired) electrons. The minimum atomic E-state index is 0.145. The number of ketones is 1. The number of Topliss-reactive ketones (excluding diaryl/α,β-unsaturated/α-hetero) is 1. The molecular formula is C11H16N2OS. The number of aryl methyl sites for hydroxylation is 1. The summed E-state index contributed by atoms with van der Waals surface area (Å²) in [5, 5.41) is 0.145. The molecule has 3 nitrogen and oxygen atoms in total. The Morgan fingerprint density at radius 1 is 1.67 bits per heavy atom. The Hall–Kier alpha value is -0.770. The molecule has 1 aromatic rings. The number of imidazole rings is 1. The van der Waals surface area contributed by atoms with Crippen molar-refractivity contribution in [3.63, 3.8) is 0 Å². The number of carbonyl (C=O) groups excluding carboxylic acids is 1. The zero-order chi connectivity index (χ0) is 10.7. The summed E-state index contributed by atoms with van der Waals surface area (Å²) in [4.78, 5) is 16.3. The third-order valence-corrected chi connectivity index (χ3v) is 4.13. The second-order valence-corrected chi connectivity index (χ2v) is 5.07. The van der Waals surface area contributed by atoms with Gasteiger partial charge < -0.3 is 4.57 Å². The molecule has 0 aliphatic carbocycles. The summed E-state index contributed by atoms with van der Waals surface area (Å²) in [7, 11) is 0. The predicted octanol–water partition coefficient (Wildman–Crippen LogP) is 2.37. The molecule has 1 unspecified atom stereocenters. The smallest absolute Gasteiger partial charge is 0.211 e. The Morgan fingerprint density at radius 3 is 3.20 bits per heavy atom. The second kappa shape index (κ2) is 4.84. The summed E-state index contributed by atoms with van der Waals surface area (Å²) in [6, 6.07) is 0. The van der Waals surface area contributed by atoms with E-state index >= 15 is 0 Å². The van der Waals surface area contributed by atoms with Crippen LogP contribution in [0.2, 0.25) is 0 Å². The lowest BCUT2D eigenvalue weighted by Gasteiger charge is -2.19. The zero-order valence-corrected chi connectivity index (χ0v) is 9.80. The molecule has 2 rings (SSSR count). The summed E-state index contributed by atoms with van der Waals surface area (Å²) in [6.07, 6.45) is 7.03. The molecule has 1 fully saturated rings. The van der Waals surface area contributed by atoms with Gasteiger partial charge in [-0.05, 0) is 25.5 Å². The maximum Gasteiger partial charge on any atom is 0.211 e. The van der Waals surface area contributed by atoms with Gasteiger partial charge >= 0.3 is 0 Å². The van der Waals surface area contributed by atoms with Crippen LogP contribution >= 0.6 is 11.8 Å². The Bertz CT molecular complexity index is 342. The fraction of sp³-hybridized carbons (Fsp3) is 0.636. The lowest BCUT2D eigenvalue weighted by Crippen LogP contribution is -2.24. The first-order chi connectivity index (χ1) is 7.33. The third kappa shape index (κ3) is 2.25. The zero-order valence-electron chi connectivity index (χ0n) is 8.98. The lowest BCUT2D eigenvalue weighted by molar-refractivity contribution is 0.0971. The van der Waals surface area contributed by atoms with Gasteiger partial charge in [0.1, 0.15) is 0 Å². The van der Waals surface area contributed by atoms with Crippen molar-refractivity contribution in [3.8, 4) is 0 Å². The van der Waals surface area contributed by atoms with E-state index in [2.05, 4.69) is 4.98 Å². The van der Waals surface area contributed by atoms with Crippen LogP contribution in [0.4, 0.5) is 0 Å². The van der Waals surface area contributed by atoms with E-state index in [9.17, 15) is 4.79 Å². The van der Waals surface area contributed by atoms with Gasteiger partial charge in [-0.25, -0.2) is 4.98 Å². The molecule has 1 aromatic heterocycles. The minimum Gasteiger partial charge on any atom is -0.329 e. The fourth-order valence-corrected chi connectivity index (χ4v) is 3.13. The van der Waals surface area contributed by atoms with Crippen molar-refractivity contribution in [3.05, 3.63) is 18.2 Å². The van der Waals surface area contributed by atoms with E-state index in [4.69, 9.17) is 0 Å². The maximum atomic E-state index is 12.1. The van der Waals surface area contributed by atoms with Crippen molar-refractivity contribution in [2.24, 2.45) is 0 Å². The van der Waals surface area contributed by atoms with E-state index in [0.29, 0.717) is 5.82 Å². The Kier molecular flexibility index (Phi) is 3.46. The number of thioether (sulfide) groups is 1. The molecular weight excluding hydrogens is 208 g/mol. The molecule has 0 N–H and O–H groups in total. The first kappa shape index (κ1) is 10.7. The maximum absolute atomic E-state index is 12.1. The number of hydrogen-bond donors (Lipinski definition) is 0. The molecule has 2 heterocycles. The Morgan fingerprint density at radius 2 is 2.53 bits per heavy atom. The summed E-state index contributed by atoms with van der Waals surface area (Å²) in [6.45, 7) is 2.85. The van der Waals surface area contributed by atoms with Crippen LogP contribution in [0.5, 0.6) is 0 Å². The van der Waals surface area contributed by atoms with Gasteiger partial charge in [-0.2, -0.15) is 11.8 Å². The highest BCUT2D eigenvalue weighted by molar-refractivity contribution is 8.00. The van der Waals surface area contributed by atoms with E-state index in [-0.39, 0.29) is 11.0 Å². The fourth-order valence-electron chi connectivity index (χ4n) is 1.88.